The van der Waals surface area contributed by atoms with E-state index in [4.69, 9.17) is 0 Å². The van der Waals surface area contributed by atoms with E-state index in [2.05, 4.69) is 58.3 Å². The van der Waals surface area contributed by atoms with Crippen LogP contribution in [0.3, 0.4) is 0 Å². The Morgan fingerprint density at radius 1 is 1.12 bits per heavy atom. The van der Waals surface area contributed by atoms with Crippen molar-refractivity contribution in [3.63, 3.8) is 0 Å². The summed E-state index contributed by atoms with van der Waals surface area (Å²) in [7, 11) is 5.91. The molecule has 0 aromatic heterocycles. The van der Waals surface area contributed by atoms with Gasteiger partial charge in [0, 0.05) is 58.0 Å². The zero-order valence-corrected chi connectivity index (χ0v) is 20.0. The van der Waals surface area contributed by atoms with Crippen molar-refractivity contribution >= 4 is 5.69 Å². The third-order valence-electron chi connectivity index (χ3n) is 6.71. The van der Waals surface area contributed by atoms with Gasteiger partial charge >= 0.3 is 6.18 Å². The van der Waals surface area contributed by atoms with Gasteiger partial charge in [0.25, 0.3) is 0 Å². The van der Waals surface area contributed by atoms with Gasteiger partial charge in [-0.25, -0.2) is 5.01 Å². The molecule has 1 aromatic carbocycles. The van der Waals surface area contributed by atoms with Crippen molar-refractivity contribution in [1.82, 2.24) is 19.8 Å². The van der Waals surface area contributed by atoms with Gasteiger partial charge in [-0.2, -0.15) is 13.2 Å². The molecule has 0 radical (unpaired) electrons. The van der Waals surface area contributed by atoms with Crippen molar-refractivity contribution in [3.05, 3.63) is 76.9 Å². The van der Waals surface area contributed by atoms with Crippen LogP contribution >= 0.6 is 0 Å². The van der Waals surface area contributed by atoms with E-state index in [1.54, 1.807) is 0 Å². The molecule has 0 bridgehead atoms. The summed E-state index contributed by atoms with van der Waals surface area (Å²) in [5.41, 5.74) is 4.34. The number of aliphatic hydroxyl groups is 1. The van der Waals surface area contributed by atoms with E-state index in [0.717, 1.165) is 35.4 Å². The van der Waals surface area contributed by atoms with Gasteiger partial charge in [0.2, 0.25) is 0 Å². The highest BCUT2D eigenvalue weighted by Crippen LogP contribution is 2.35. The second kappa shape index (κ2) is 9.38. The van der Waals surface area contributed by atoms with Gasteiger partial charge in [-0.15, -0.1) is 0 Å². The average Bonchev–Trinajstić information content (AvgIpc) is 3.32. The number of allylic oxidation sites excluding steroid dienone is 2. The maximum absolute atomic E-state index is 12.8. The fraction of sp³-hybridized carbons (Fsp3) is 0.440. The molecule has 0 fully saturated rings. The molecule has 1 atom stereocenters. The van der Waals surface area contributed by atoms with Crippen LogP contribution in [0.1, 0.15) is 18.9 Å². The molecule has 34 heavy (non-hydrogen) atoms. The van der Waals surface area contributed by atoms with Gasteiger partial charge in [-0.3, -0.25) is 0 Å². The molecule has 9 heteroatoms. The molecule has 0 aliphatic carbocycles. The number of anilines is 1. The first-order chi connectivity index (χ1) is 16.1. The molecule has 3 aliphatic heterocycles. The zero-order valence-electron chi connectivity index (χ0n) is 20.0. The Kier molecular flexibility index (Phi) is 6.69. The first-order valence-corrected chi connectivity index (χ1v) is 11.4. The van der Waals surface area contributed by atoms with Crippen LogP contribution < -0.4 is 4.90 Å². The lowest BCUT2D eigenvalue weighted by molar-refractivity contribution is -0.137. The Bertz CT molecular complexity index is 1030. The minimum absolute atomic E-state index is 0.0886. The summed E-state index contributed by atoms with van der Waals surface area (Å²) in [6.07, 6.45) is 5.42. The summed E-state index contributed by atoms with van der Waals surface area (Å²) in [6.45, 7) is 3.91. The van der Waals surface area contributed by atoms with Crippen LogP contribution in [-0.2, 0) is 6.18 Å². The van der Waals surface area contributed by atoms with Crippen molar-refractivity contribution in [1.29, 1.82) is 0 Å². The molecule has 4 rings (SSSR count). The number of fused-ring (bicyclic) bond motifs is 1. The van der Waals surface area contributed by atoms with Crippen LogP contribution in [-0.4, -0.2) is 78.5 Å². The van der Waals surface area contributed by atoms with Gasteiger partial charge in [-0.05, 0) is 47.9 Å². The van der Waals surface area contributed by atoms with E-state index in [-0.39, 0.29) is 12.8 Å². The topological polar surface area (TPSA) is 36.4 Å². The molecule has 0 saturated carbocycles. The molecular weight excluding hydrogens is 443 g/mol. The van der Waals surface area contributed by atoms with E-state index in [1.165, 1.54) is 17.8 Å². The van der Waals surface area contributed by atoms with E-state index in [9.17, 15) is 18.3 Å². The Labute approximate surface area is 199 Å². The van der Waals surface area contributed by atoms with E-state index < -0.39 is 11.7 Å². The van der Waals surface area contributed by atoms with Crippen LogP contribution in [0.25, 0.3) is 0 Å². The zero-order chi connectivity index (χ0) is 24.6. The highest BCUT2D eigenvalue weighted by atomic mass is 19.4. The lowest BCUT2D eigenvalue weighted by Crippen LogP contribution is -2.40. The molecule has 1 unspecified atom stereocenters. The van der Waals surface area contributed by atoms with Crippen molar-refractivity contribution in [2.45, 2.75) is 25.7 Å². The monoisotopic (exact) mass is 475 g/mol. The molecular formula is C25H32F3N5O. The molecule has 3 heterocycles. The standard InChI is InChI=1S/C25H32F3N5O/c1-5-20-15-30(3)24-11-6-18(14-32(20)24)22-16-31(4)33(23(22)17-34)13-12-29(2)21-9-7-19(8-10-21)25(26,27)28/h6-11,14-15,24,34H,5,12-13,16-17H2,1-4H3. The minimum atomic E-state index is -4.34. The minimum Gasteiger partial charge on any atom is -0.390 e. The lowest BCUT2D eigenvalue weighted by atomic mass is 10.0. The molecule has 0 amide bonds. The number of hydrazine groups is 1. The normalized spacial score (nSPS) is 20.8. The Morgan fingerprint density at radius 3 is 2.44 bits per heavy atom. The molecule has 184 valence electrons. The summed E-state index contributed by atoms with van der Waals surface area (Å²) in [4.78, 5) is 6.39. The van der Waals surface area contributed by atoms with Crippen LogP contribution in [0.4, 0.5) is 18.9 Å². The van der Waals surface area contributed by atoms with Gasteiger partial charge in [0.15, 0.2) is 0 Å². The second-order valence-electron chi connectivity index (χ2n) is 8.89. The smallest absolute Gasteiger partial charge is 0.390 e. The van der Waals surface area contributed by atoms with Crippen LogP contribution in [0.2, 0.25) is 0 Å². The highest BCUT2D eigenvalue weighted by molar-refractivity contribution is 5.49. The fourth-order valence-electron chi connectivity index (χ4n) is 4.75. The van der Waals surface area contributed by atoms with Gasteiger partial charge in [0.1, 0.15) is 6.17 Å². The Morgan fingerprint density at radius 2 is 1.82 bits per heavy atom. The second-order valence-corrected chi connectivity index (χ2v) is 8.89. The lowest BCUT2D eigenvalue weighted by Gasteiger charge is -2.31. The predicted molar refractivity (Wildman–Crippen MR) is 127 cm³/mol. The number of nitrogens with zero attached hydrogens (tertiary/aromatic N) is 5. The largest absolute Gasteiger partial charge is 0.416 e. The predicted octanol–water partition coefficient (Wildman–Crippen LogP) is 3.83. The highest BCUT2D eigenvalue weighted by Gasteiger charge is 2.33. The summed E-state index contributed by atoms with van der Waals surface area (Å²) >= 11 is 0. The van der Waals surface area contributed by atoms with Crippen LogP contribution in [0.15, 0.2) is 71.4 Å². The van der Waals surface area contributed by atoms with E-state index in [1.807, 2.05) is 19.0 Å². The molecule has 6 nitrogen and oxygen atoms in total. The number of likely N-dealkylation sites (N-methyl/N-ethyl adjacent to an activating group) is 3. The number of halogens is 3. The van der Waals surface area contributed by atoms with Crippen molar-refractivity contribution in [2.24, 2.45) is 0 Å². The van der Waals surface area contributed by atoms with E-state index >= 15 is 0 Å². The molecule has 0 saturated heterocycles. The average molecular weight is 476 g/mol. The van der Waals surface area contributed by atoms with Gasteiger partial charge in [-0.1, -0.05) is 13.0 Å². The quantitative estimate of drug-likeness (QED) is 0.646. The molecule has 1 aromatic rings. The Hall–Kier alpha value is -2.91. The van der Waals surface area contributed by atoms with Gasteiger partial charge < -0.3 is 24.8 Å². The Balaban J connectivity index is 1.48. The number of hydrogen-bond acceptors (Lipinski definition) is 6. The number of aliphatic hydroxyl groups excluding tert-OH is 1. The van der Waals surface area contributed by atoms with Crippen molar-refractivity contribution in [3.8, 4) is 0 Å². The van der Waals surface area contributed by atoms with E-state index in [0.29, 0.717) is 25.3 Å². The maximum atomic E-state index is 12.8. The summed E-state index contributed by atoms with van der Waals surface area (Å²) < 4.78 is 38.5. The molecule has 3 aliphatic rings. The third-order valence-corrected chi connectivity index (χ3v) is 6.71. The SMILES string of the molecule is CCC1=CN(C)C2C=CC(C3=C(CO)N(CCN(C)c4ccc(C(F)(F)F)cc4)N(C)C3)=CN12. The molecule has 0 spiro atoms. The van der Waals surface area contributed by atoms with Crippen LogP contribution in [0.5, 0.6) is 0 Å². The summed E-state index contributed by atoms with van der Waals surface area (Å²) in [5.74, 6) is 0. The number of alkyl halides is 3. The maximum Gasteiger partial charge on any atom is 0.416 e. The number of rotatable bonds is 7. The van der Waals surface area contributed by atoms with Crippen molar-refractivity contribution in [2.75, 3.05) is 52.3 Å². The summed E-state index contributed by atoms with van der Waals surface area (Å²) in [5, 5.41) is 14.4. The number of hydrogen-bond donors (Lipinski definition) is 1. The summed E-state index contributed by atoms with van der Waals surface area (Å²) in [6, 6.07) is 5.19. The van der Waals surface area contributed by atoms with Gasteiger partial charge in [0.05, 0.1) is 24.4 Å². The third kappa shape index (κ3) is 4.54. The van der Waals surface area contributed by atoms with Crippen molar-refractivity contribution < 1.29 is 18.3 Å². The number of benzene rings is 1. The first kappa shape index (κ1) is 24.2. The first-order valence-electron chi connectivity index (χ1n) is 11.4. The van der Waals surface area contributed by atoms with Crippen LogP contribution in [0, 0.1) is 0 Å². The molecule has 1 N–H and O–H groups in total. The fourth-order valence-corrected chi connectivity index (χ4v) is 4.75.